The van der Waals surface area contributed by atoms with Gasteiger partial charge in [-0.05, 0) is 54.6 Å². The zero-order valence-electron chi connectivity index (χ0n) is 13.6. The van der Waals surface area contributed by atoms with Crippen molar-refractivity contribution < 1.29 is 9.90 Å². The minimum atomic E-state index is -0.717. The molecule has 3 nitrogen and oxygen atoms in total. The van der Waals surface area contributed by atoms with Gasteiger partial charge in [-0.1, -0.05) is 48.0 Å². The second-order valence-electron chi connectivity index (χ2n) is 6.36. The van der Waals surface area contributed by atoms with Crippen LogP contribution in [0.3, 0.4) is 0 Å². The summed E-state index contributed by atoms with van der Waals surface area (Å²) in [5.74, 6) is -0.717. The van der Waals surface area contributed by atoms with Gasteiger partial charge in [0.15, 0.2) is 0 Å². The molecule has 1 heterocycles. The fraction of sp³-hybridized carbons (Fsp3) is 0.350. The fourth-order valence-corrected chi connectivity index (χ4v) is 3.63. The molecule has 1 N–H and O–H groups in total. The molecule has 4 heteroatoms. The summed E-state index contributed by atoms with van der Waals surface area (Å²) < 4.78 is 0. The van der Waals surface area contributed by atoms with Gasteiger partial charge in [0.25, 0.3) is 0 Å². The quantitative estimate of drug-likeness (QED) is 0.773. The second kappa shape index (κ2) is 7.82. The van der Waals surface area contributed by atoms with Crippen LogP contribution in [0.2, 0.25) is 5.02 Å². The average Bonchev–Trinajstić information content (AvgIpc) is 2.58. The topological polar surface area (TPSA) is 40.5 Å². The predicted molar refractivity (Wildman–Crippen MR) is 96.2 cm³/mol. The van der Waals surface area contributed by atoms with E-state index in [1.807, 2.05) is 12.1 Å². The first-order valence-electron chi connectivity index (χ1n) is 8.41. The molecule has 0 bridgehead atoms. The zero-order chi connectivity index (χ0) is 16.9. The maximum Gasteiger partial charge on any atom is 0.303 e. The summed E-state index contributed by atoms with van der Waals surface area (Å²) in [5, 5.41) is 9.59. The molecule has 0 saturated heterocycles. The maximum absolute atomic E-state index is 10.7. The Labute approximate surface area is 147 Å². The Kier molecular flexibility index (Phi) is 5.54. The molecule has 0 fully saturated rings. The molecule has 0 spiro atoms. The monoisotopic (exact) mass is 343 g/mol. The lowest BCUT2D eigenvalue weighted by Gasteiger charge is -2.37. The minimum Gasteiger partial charge on any atom is -0.481 e. The highest BCUT2D eigenvalue weighted by Gasteiger charge is 2.27. The second-order valence-corrected chi connectivity index (χ2v) is 6.80. The maximum atomic E-state index is 10.7. The fourth-order valence-electron chi connectivity index (χ4n) is 3.44. The molecular weight excluding hydrogens is 322 g/mol. The van der Waals surface area contributed by atoms with Crippen molar-refractivity contribution >= 4 is 17.6 Å². The number of benzene rings is 2. The SMILES string of the molecule is O=C(O)CCCCN1Cc2cc(Cl)ccc2CC1c1ccccc1. The van der Waals surface area contributed by atoms with E-state index in [1.54, 1.807) is 0 Å². The molecule has 2 aromatic rings. The third-order valence-electron chi connectivity index (χ3n) is 4.67. The summed E-state index contributed by atoms with van der Waals surface area (Å²) in [5.41, 5.74) is 3.96. The van der Waals surface area contributed by atoms with E-state index in [1.165, 1.54) is 16.7 Å². The normalized spacial score (nSPS) is 17.5. The van der Waals surface area contributed by atoms with Crippen molar-refractivity contribution in [1.29, 1.82) is 0 Å². The number of aliphatic carboxylic acids is 1. The predicted octanol–water partition coefficient (Wildman–Crippen LogP) is 4.69. The van der Waals surface area contributed by atoms with Crippen molar-refractivity contribution in [3.63, 3.8) is 0 Å². The van der Waals surface area contributed by atoms with Crippen LogP contribution in [-0.4, -0.2) is 22.5 Å². The van der Waals surface area contributed by atoms with Crippen LogP contribution in [0.15, 0.2) is 48.5 Å². The number of carboxylic acid groups (broad SMARTS) is 1. The Morgan fingerprint density at radius 1 is 1.12 bits per heavy atom. The Balaban J connectivity index is 1.78. The van der Waals surface area contributed by atoms with Gasteiger partial charge in [-0.25, -0.2) is 0 Å². The van der Waals surface area contributed by atoms with Gasteiger partial charge in [0.2, 0.25) is 0 Å². The lowest BCUT2D eigenvalue weighted by molar-refractivity contribution is -0.137. The first-order chi connectivity index (χ1) is 11.6. The van der Waals surface area contributed by atoms with Crippen molar-refractivity contribution in [2.45, 2.75) is 38.3 Å². The largest absolute Gasteiger partial charge is 0.481 e. The van der Waals surface area contributed by atoms with Crippen molar-refractivity contribution in [3.05, 3.63) is 70.2 Å². The van der Waals surface area contributed by atoms with Gasteiger partial charge in [0.05, 0.1) is 0 Å². The number of unbranched alkanes of at least 4 members (excludes halogenated alkanes) is 1. The van der Waals surface area contributed by atoms with Crippen molar-refractivity contribution in [3.8, 4) is 0 Å². The van der Waals surface area contributed by atoms with Crippen LogP contribution >= 0.6 is 11.6 Å². The van der Waals surface area contributed by atoms with Crippen LogP contribution < -0.4 is 0 Å². The number of carbonyl (C=O) groups is 1. The van der Waals surface area contributed by atoms with E-state index in [0.717, 1.165) is 37.4 Å². The summed E-state index contributed by atoms with van der Waals surface area (Å²) in [6.07, 6.45) is 2.82. The van der Waals surface area contributed by atoms with Gasteiger partial charge < -0.3 is 5.11 Å². The number of halogens is 1. The number of fused-ring (bicyclic) bond motifs is 1. The summed E-state index contributed by atoms with van der Waals surface area (Å²) in [7, 11) is 0. The molecular formula is C20H22ClNO2. The number of rotatable bonds is 6. The first-order valence-corrected chi connectivity index (χ1v) is 8.79. The summed E-state index contributed by atoms with van der Waals surface area (Å²) in [4.78, 5) is 13.2. The highest BCUT2D eigenvalue weighted by Crippen LogP contribution is 2.34. The summed E-state index contributed by atoms with van der Waals surface area (Å²) in [6, 6.07) is 17.0. The van der Waals surface area contributed by atoms with E-state index >= 15 is 0 Å². The molecule has 1 aliphatic rings. The van der Waals surface area contributed by atoms with Gasteiger partial charge in [-0.2, -0.15) is 0 Å². The van der Waals surface area contributed by atoms with Crippen LogP contribution in [0.25, 0.3) is 0 Å². The van der Waals surface area contributed by atoms with Crippen LogP contribution in [0, 0.1) is 0 Å². The van der Waals surface area contributed by atoms with Crippen LogP contribution in [0.4, 0.5) is 0 Å². The minimum absolute atomic E-state index is 0.242. The van der Waals surface area contributed by atoms with Gasteiger partial charge in [0.1, 0.15) is 0 Å². The standard InChI is InChI=1S/C20H22ClNO2/c21-18-10-9-16-13-19(15-6-2-1-3-7-15)22(14-17(16)12-18)11-5-4-8-20(23)24/h1-3,6-7,9-10,12,19H,4-5,8,11,13-14H2,(H,23,24). The molecule has 24 heavy (non-hydrogen) atoms. The van der Waals surface area contributed by atoms with Crippen molar-refractivity contribution in [2.75, 3.05) is 6.54 Å². The Morgan fingerprint density at radius 3 is 2.67 bits per heavy atom. The summed E-state index contributed by atoms with van der Waals surface area (Å²) in [6.45, 7) is 1.77. The molecule has 0 saturated carbocycles. The van der Waals surface area contributed by atoms with E-state index in [9.17, 15) is 4.79 Å². The molecule has 0 radical (unpaired) electrons. The van der Waals surface area contributed by atoms with Crippen LogP contribution in [-0.2, 0) is 17.8 Å². The molecule has 0 amide bonds. The number of hydrogen-bond donors (Lipinski definition) is 1. The van der Waals surface area contributed by atoms with E-state index in [-0.39, 0.29) is 6.42 Å². The third-order valence-corrected chi connectivity index (χ3v) is 4.90. The Bertz CT molecular complexity index is 702. The smallest absolute Gasteiger partial charge is 0.303 e. The molecule has 2 aromatic carbocycles. The lowest BCUT2D eigenvalue weighted by Crippen LogP contribution is -2.35. The van der Waals surface area contributed by atoms with E-state index in [4.69, 9.17) is 16.7 Å². The molecule has 126 valence electrons. The Hall–Kier alpha value is -1.84. The zero-order valence-corrected chi connectivity index (χ0v) is 14.4. The molecule has 3 rings (SSSR count). The van der Waals surface area contributed by atoms with E-state index in [0.29, 0.717) is 6.04 Å². The lowest BCUT2D eigenvalue weighted by atomic mass is 9.89. The van der Waals surface area contributed by atoms with Crippen LogP contribution in [0.5, 0.6) is 0 Å². The van der Waals surface area contributed by atoms with E-state index in [2.05, 4.69) is 41.3 Å². The van der Waals surface area contributed by atoms with Crippen molar-refractivity contribution in [2.24, 2.45) is 0 Å². The molecule has 1 atom stereocenters. The number of hydrogen-bond acceptors (Lipinski definition) is 2. The molecule has 0 aliphatic carbocycles. The van der Waals surface area contributed by atoms with Gasteiger partial charge in [0, 0.05) is 24.0 Å². The Morgan fingerprint density at radius 2 is 1.92 bits per heavy atom. The van der Waals surface area contributed by atoms with Crippen molar-refractivity contribution in [1.82, 2.24) is 4.90 Å². The van der Waals surface area contributed by atoms with Gasteiger partial charge >= 0.3 is 5.97 Å². The van der Waals surface area contributed by atoms with Gasteiger partial charge in [-0.3, -0.25) is 9.69 Å². The van der Waals surface area contributed by atoms with Gasteiger partial charge in [-0.15, -0.1) is 0 Å². The molecule has 1 aliphatic heterocycles. The number of carboxylic acids is 1. The molecule has 0 aromatic heterocycles. The highest BCUT2D eigenvalue weighted by atomic mass is 35.5. The summed E-state index contributed by atoms with van der Waals surface area (Å²) >= 11 is 6.16. The number of nitrogens with zero attached hydrogens (tertiary/aromatic N) is 1. The van der Waals surface area contributed by atoms with E-state index < -0.39 is 5.97 Å². The third kappa shape index (κ3) is 4.16. The average molecular weight is 344 g/mol. The van der Waals surface area contributed by atoms with Crippen LogP contribution in [0.1, 0.15) is 42.0 Å². The first kappa shape index (κ1) is 17.0. The highest BCUT2D eigenvalue weighted by molar-refractivity contribution is 6.30. The molecule has 1 unspecified atom stereocenters.